The van der Waals surface area contributed by atoms with Gasteiger partial charge in [-0.25, -0.2) is 0 Å². The molecule has 2 aromatic heterocycles. The Balaban J connectivity index is 1.40. The molecule has 0 spiro atoms. The average molecular weight is 403 g/mol. The fourth-order valence-corrected chi connectivity index (χ4v) is 5.57. The number of pyridine rings is 1. The topological polar surface area (TPSA) is 50.2 Å². The standard InChI is InChI=1S/C25H30N4O/c1-3-10-29-16-18-12-23-21(20-7-4-8-22(29)24(18)20)11-19(15-28(23)2)25(30)27-14-17-6-5-9-26-13-17/h4-9,13,16,19,21,23H,3,10-12,14-15H2,1-2H3,(H,27,30)/t19-,21-,23-/m1/s1. The number of likely N-dealkylation sites (N-methyl/N-ethyl adjacent to an activating group) is 1. The number of hydrogen-bond donors (Lipinski definition) is 1. The molecule has 0 bridgehead atoms. The van der Waals surface area contributed by atoms with Crippen LogP contribution < -0.4 is 5.32 Å². The highest BCUT2D eigenvalue weighted by Gasteiger charge is 2.41. The quantitative estimate of drug-likeness (QED) is 0.708. The predicted molar refractivity (Wildman–Crippen MR) is 119 cm³/mol. The summed E-state index contributed by atoms with van der Waals surface area (Å²) >= 11 is 0. The number of nitrogens with one attached hydrogen (secondary N) is 1. The zero-order valence-electron chi connectivity index (χ0n) is 17.8. The SMILES string of the molecule is CCCn1cc2c3c(cccc31)[C@H]1C[C@@H](C(=O)NCc3cccnc3)CN(C)[C@@H]1C2. The lowest BCUT2D eigenvalue weighted by atomic mass is 9.72. The molecule has 30 heavy (non-hydrogen) atoms. The highest BCUT2D eigenvalue weighted by molar-refractivity contribution is 5.89. The molecule has 0 saturated carbocycles. The number of aryl methyl sites for hydroxylation is 1. The van der Waals surface area contributed by atoms with E-state index in [1.54, 1.807) is 6.20 Å². The highest BCUT2D eigenvalue weighted by atomic mass is 16.1. The maximum absolute atomic E-state index is 13.0. The zero-order valence-corrected chi connectivity index (χ0v) is 17.8. The normalized spacial score (nSPS) is 23.3. The van der Waals surface area contributed by atoms with Gasteiger partial charge in [-0.3, -0.25) is 9.78 Å². The molecule has 1 amide bonds. The maximum Gasteiger partial charge on any atom is 0.224 e. The molecule has 0 unspecified atom stereocenters. The second-order valence-corrected chi connectivity index (χ2v) is 8.92. The van der Waals surface area contributed by atoms with Crippen LogP contribution in [0.2, 0.25) is 0 Å². The minimum absolute atomic E-state index is 0.0162. The van der Waals surface area contributed by atoms with Crippen molar-refractivity contribution in [3.05, 3.63) is 65.6 Å². The van der Waals surface area contributed by atoms with E-state index in [0.717, 1.165) is 37.9 Å². The van der Waals surface area contributed by atoms with Gasteiger partial charge in [-0.15, -0.1) is 0 Å². The summed E-state index contributed by atoms with van der Waals surface area (Å²) in [6, 6.07) is 11.1. The van der Waals surface area contributed by atoms with Gasteiger partial charge < -0.3 is 14.8 Å². The Morgan fingerprint density at radius 1 is 1.27 bits per heavy atom. The van der Waals surface area contributed by atoms with Crippen LogP contribution in [0.5, 0.6) is 0 Å². The molecule has 0 radical (unpaired) electrons. The van der Waals surface area contributed by atoms with Crippen LogP contribution in [0.25, 0.3) is 10.9 Å². The lowest BCUT2D eigenvalue weighted by Gasteiger charge is -2.45. The molecule has 3 heterocycles. The van der Waals surface area contributed by atoms with Crippen molar-refractivity contribution < 1.29 is 4.79 Å². The van der Waals surface area contributed by atoms with E-state index in [2.05, 4.69) is 58.1 Å². The van der Waals surface area contributed by atoms with Crippen molar-refractivity contribution in [3.8, 4) is 0 Å². The number of likely N-dealkylation sites (tertiary alicyclic amines) is 1. The molecule has 1 aliphatic carbocycles. The number of fused-ring (bicyclic) bond motifs is 2. The van der Waals surface area contributed by atoms with Crippen LogP contribution >= 0.6 is 0 Å². The molecule has 2 aliphatic rings. The third-order valence-electron chi connectivity index (χ3n) is 6.95. The molecule has 156 valence electrons. The zero-order chi connectivity index (χ0) is 20.7. The van der Waals surface area contributed by atoms with Crippen molar-refractivity contribution in [2.24, 2.45) is 5.92 Å². The molecule has 5 heteroatoms. The van der Waals surface area contributed by atoms with Crippen LogP contribution in [-0.2, 0) is 24.3 Å². The van der Waals surface area contributed by atoms with E-state index in [4.69, 9.17) is 0 Å². The van der Waals surface area contributed by atoms with Crippen molar-refractivity contribution in [1.82, 2.24) is 19.8 Å². The third kappa shape index (κ3) is 3.31. The second-order valence-electron chi connectivity index (χ2n) is 8.92. The molecular weight excluding hydrogens is 372 g/mol. The third-order valence-corrected chi connectivity index (χ3v) is 6.95. The Kier molecular flexibility index (Phi) is 5.07. The summed E-state index contributed by atoms with van der Waals surface area (Å²) < 4.78 is 2.42. The molecule has 1 N–H and O–H groups in total. The number of carbonyl (C=O) groups is 1. The number of carbonyl (C=O) groups excluding carboxylic acids is 1. The number of amides is 1. The summed E-state index contributed by atoms with van der Waals surface area (Å²) in [6.07, 6.45) is 9.08. The first kappa shape index (κ1) is 19.3. The molecule has 3 aromatic rings. The Bertz CT molecular complexity index is 1060. The Morgan fingerprint density at radius 2 is 2.17 bits per heavy atom. The summed E-state index contributed by atoms with van der Waals surface area (Å²) in [5.41, 5.74) is 5.30. The van der Waals surface area contributed by atoms with Crippen molar-refractivity contribution >= 4 is 16.8 Å². The van der Waals surface area contributed by atoms with E-state index in [0.29, 0.717) is 18.5 Å². The van der Waals surface area contributed by atoms with Gasteiger partial charge in [-0.1, -0.05) is 25.1 Å². The van der Waals surface area contributed by atoms with Gasteiger partial charge in [0.1, 0.15) is 0 Å². The molecule has 5 rings (SSSR count). The van der Waals surface area contributed by atoms with Gasteiger partial charge >= 0.3 is 0 Å². The summed E-state index contributed by atoms with van der Waals surface area (Å²) in [5.74, 6) is 0.583. The van der Waals surface area contributed by atoms with Gasteiger partial charge in [-0.05, 0) is 55.1 Å². The van der Waals surface area contributed by atoms with Gasteiger partial charge in [0.25, 0.3) is 0 Å². The Morgan fingerprint density at radius 3 is 2.97 bits per heavy atom. The monoisotopic (exact) mass is 402 g/mol. The van der Waals surface area contributed by atoms with Crippen LogP contribution in [-0.4, -0.2) is 40.0 Å². The van der Waals surface area contributed by atoms with Gasteiger partial charge in [-0.2, -0.15) is 0 Å². The molecular formula is C25H30N4O. The lowest BCUT2D eigenvalue weighted by Crippen LogP contribution is -2.51. The van der Waals surface area contributed by atoms with E-state index < -0.39 is 0 Å². The number of hydrogen-bond acceptors (Lipinski definition) is 3. The summed E-state index contributed by atoms with van der Waals surface area (Å²) in [7, 11) is 2.19. The number of aromatic nitrogens is 2. The first-order chi connectivity index (χ1) is 14.7. The van der Waals surface area contributed by atoms with Crippen LogP contribution in [0.1, 0.15) is 42.4 Å². The maximum atomic E-state index is 13.0. The van der Waals surface area contributed by atoms with E-state index in [1.165, 1.54) is 22.0 Å². The lowest BCUT2D eigenvalue weighted by molar-refractivity contribution is -0.127. The fraction of sp³-hybridized carbons (Fsp3) is 0.440. The van der Waals surface area contributed by atoms with Crippen LogP contribution in [0.3, 0.4) is 0 Å². The van der Waals surface area contributed by atoms with E-state index in [1.807, 2.05) is 18.3 Å². The van der Waals surface area contributed by atoms with Gasteiger partial charge in [0.05, 0.1) is 5.92 Å². The first-order valence-corrected chi connectivity index (χ1v) is 11.1. The van der Waals surface area contributed by atoms with E-state index in [9.17, 15) is 4.79 Å². The summed E-state index contributed by atoms with van der Waals surface area (Å²) in [4.78, 5) is 19.6. The molecule has 5 nitrogen and oxygen atoms in total. The highest BCUT2D eigenvalue weighted by Crippen LogP contribution is 2.45. The molecule has 3 atom stereocenters. The summed E-state index contributed by atoms with van der Waals surface area (Å²) in [5, 5.41) is 4.58. The van der Waals surface area contributed by atoms with Crippen molar-refractivity contribution in [2.45, 2.75) is 51.2 Å². The average Bonchev–Trinajstić information content (AvgIpc) is 3.12. The molecule has 1 aliphatic heterocycles. The van der Waals surface area contributed by atoms with Crippen molar-refractivity contribution in [3.63, 3.8) is 0 Å². The van der Waals surface area contributed by atoms with Gasteiger partial charge in [0, 0.05) is 61.1 Å². The number of benzene rings is 1. The first-order valence-electron chi connectivity index (χ1n) is 11.1. The van der Waals surface area contributed by atoms with Gasteiger partial charge in [0.2, 0.25) is 5.91 Å². The van der Waals surface area contributed by atoms with Crippen molar-refractivity contribution in [1.29, 1.82) is 0 Å². The molecule has 1 saturated heterocycles. The minimum Gasteiger partial charge on any atom is -0.352 e. The van der Waals surface area contributed by atoms with E-state index in [-0.39, 0.29) is 11.8 Å². The van der Waals surface area contributed by atoms with Crippen LogP contribution in [0.15, 0.2) is 48.9 Å². The van der Waals surface area contributed by atoms with Crippen LogP contribution in [0.4, 0.5) is 0 Å². The summed E-state index contributed by atoms with van der Waals surface area (Å²) in [6.45, 7) is 4.66. The fourth-order valence-electron chi connectivity index (χ4n) is 5.57. The number of piperidine rings is 1. The van der Waals surface area contributed by atoms with Crippen LogP contribution in [0, 0.1) is 5.92 Å². The Hall–Kier alpha value is -2.66. The predicted octanol–water partition coefficient (Wildman–Crippen LogP) is 3.72. The van der Waals surface area contributed by atoms with Crippen molar-refractivity contribution in [2.75, 3.05) is 13.6 Å². The minimum atomic E-state index is 0.0162. The van der Waals surface area contributed by atoms with Gasteiger partial charge in [0.15, 0.2) is 0 Å². The molecule has 1 fully saturated rings. The number of rotatable bonds is 5. The second kappa shape index (κ2) is 7.88. The molecule has 1 aromatic carbocycles. The van der Waals surface area contributed by atoms with E-state index >= 15 is 0 Å². The number of nitrogens with zero attached hydrogens (tertiary/aromatic N) is 3. The smallest absolute Gasteiger partial charge is 0.224 e. The Labute approximate surface area is 178 Å². The largest absolute Gasteiger partial charge is 0.352 e.